The van der Waals surface area contributed by atoms with Gasteiger partial charge in [0.2, 0.25) is 5.91 Å². The number of anilines is 1. The Morgan fingerprint density at radius 3 is 2.28 bits per heavy atom. The summed E-state index contributed by atoms with van der Waals surface area (Å²) in [4.78, 5) is 24.5. The van der Waals surface area contributed by atoms with Crippen molar-refractivity contribution in [2.75, 3.05) is 5.32 Å². The van der Waals surface area contributed by atoms with Gasteiger partial charge in [0.05, 0.1) is 0 Å². The summed E-state index contributed by atoms with van der Waals surface area (Å²) in [6.07, 6.45) is 8.22. The van der Waals surface area contributed by atoms with Gasteiger partial charge >= 0.3 is 0 Å². The molecule has 0 heterocycles. The fraction of sp³-hybridized carbons (Fsp3) is 0.579. The summed E-state index contributed by atoms with van der Waals surface area (Å²) in [5, 5.41) is 6.02. The molecule has 0 aromatic heterocycles. The number of amides is 2. The van der Waals surface area contributed by atoms with Gasteiger partial charge in [-0.1, -0.05) is 19.3 Å². The van der Waals surface area contributed by atoms with Crippen molar-refractivity contribution in [3.63, 3.8) is 0 Å². The van der Waals surface area contributed by atoms with Crippen LogP contribution in [0.2, 0.25) is 0 Å². The Hall–Kier alpha value is -1.59. The molecule has 2 fully saturated rings. The van der Waals surface area contributed by atoms with Crippen molar-refractivity contribution in [1.29, 1.82) is 0 Å². The SMILES string of the molecule is Cl.NC1CCCC(C(=O)Nc2ccc(C(=O)NC3CCCC3)cc2)C1. The number of carbonyl (C=O) groups excluding carboxylic acids is 2. The molecule has 0 aliphatic heterocycles. The highest BCUT2D eigenvalue weighted by Crippen LogP contribution is 2.24. The molecule has 0 spiro atoms. The molecular weight excluding hydrogens is 338 g/mol. The van der Waals surface area contributed by atoms with E-state index in [1.165, 1.54) is 12.8 Å². The summed E-state index contributed by atoms with van der Waals surface area (Å²) in [6, 6.07) is 7.58. The second-order valence-corrected chi connectivity index (χ2v) is 7.15. The van der Waals surface area contributed by atoms with Crippen LogP contribution in [0.5, 0.6) is 0 Å². The zero-order valence-electron chi connectivity index (χ0n) is 14.5. The fourth-order valence-electron chi connectivity index (χ4n) is 3.75. The summed E-state index contributed by atoms with van der Waals surface area (Å²) >= 11 is 0. The van der Waals surface area contributed by atoms with Crippen LogP contribution in [0.4, 0.5) is 5.69 Å². The lowest BCUT2D eigenvalue weighted by Gasteiger charge is -2.25. The van der Waals surface area contributed by atoms with Gasteiger partial charge in [0.1, 0.15) is 0 Å². The molecule has 0 radical (unpaired) electrons. The number of rotatable bonds is 4. The maximum absolute atomic E-state index is 12.3. The van der Waals surface area contributed by atoms with E-state index in [0.29, 0.717) is 11.6 Å². The lowest BCUT2D eigenvalue weighted by molar-refractivity contribution is -0.120. The molecule has 1 aromatic carbocycles. The number of halogens is 1. The standard InChI is InChI=1S/C19H27N3O2.ClH/c20-15-5-3-4-14(12-15)19(24)22-17-10-8-13(9-11-17)18(23)21-16-6-1-2-7-16;/h8-11,14-16H,1-7,12,20H2,(H,21,23)(H,22,24);1H. The van der Waals surface area contributed by atoms with E-state index in [2.05, 4.69) is 10.6 Å². The van der Waals surface area contributed by atoms with Crippen molar-refractivity contribution < 1.29 is 9.59 Å². The predicted octanol–water partition coefficient (Wildman–Crippen LogP) is 3.24. The van der Waals surface area contributed by atoms with Crippen molar-refractivity contribution in [2.45, 2.75) is 63.5 Å². The second-order valence-electron chi connectivity index (χ2n) is 7.15. The minimum atomic E-state index is -0.0296. The largest absolute Gasteiger partial charge is 0.349 e. The number of nitrogens with two attached hydrogens (primary N) is 1. The molecular formula is C19H28ClN3O2. The average molecular weight is 366 g/mol. The summed E-state index contributed by atoms with van der Waals surface area (Å²) < 4.78 is 0. The van der Waals surface area contributed by atoms with E-state index in [-0.39, 0.29) is 36.2 Å². The van der Waals surface area contributed by atoms with Crippen molar-refractivity contribution >= 4 is 29.9 Å². The van der Waals surface area contributed by atoms with Crippen LogP contribution in [0.25, 0.3) is 0 Å². The number of nitrogens with one attached hydrogen (secondary N) is 2. The Balaban J connectivity index is 0.00000225. The van der Waals surface area contributed by atoms with Gasteiger partial charge in [-0.2, -0.15) is 0 Å². The zero-order valence-corrected chi connectivity index (χ0v) is 15.3. The lowest BCUT2D eigenvalue weighted by Crippen LogP contribution is -2.34. The molecule has 6 heteroatoms. The van der Waals surface area contributed by atoms with Gasteiger partial charge in [-0.15, -0.1) is 12.4 Å². The molecule has 2 aliphatic carbocycles. The third-order valence-corrected chi connectivity index (χ3v) is 5.19. The molecule has 0 saturated heterocycles. The fourth-order valence-corrected chi connectivity index (χ4v) is 3.75. The first-order valence-electron chi connectivity index (χ1n) is 9.09. The van der Waals surface area contributed by atoms with Gasteiger partial charge in [-0.3, -0.25) is 9.59 Å². The predicted molar refractivity (Wildman–Crippen MR) is 102 cm³/mol. The van der Waals surface area contributed by atoms with Crippen LogP contribution in [-0.4, -0.2) is 23.9 Å². The van der Waals surface area contributed by atoms with E-state index < -0.39 is 0 Å². The summed E-state index contributed by atoms with van der Waals surface area (Å²) in [5.41, 5.74) is 7.32. The van der Waals surface area contributed by atoms with Crippen LogP contribution in [0.3, 0.4) is 0 Å². The van der Waals surface area contributed by atoms with Gasteiger partial charge in [0, 0.05) is 29.3 Å². The molecule has 2 atom stereocenters. The minimum Gasteiger partial charge on any atom is -0.349 e. The van der Waals surface area contributed by atoms with E-state index in [0.717, 1.165) is 44.2 Å². The third kappa shape index (κ3) is 5.44. The molecule has 2 saturated carbocycles. The molecule has 5 nitrogen and oxygen atoms in total. The van der Waals surface area contributed by atoms with E-state index in [9.17, 15) is 9.59 Å². The number of hydrogen-bond donors (Lipinski definition) is 3. The molecule has 2 amide bonds. The first kappa shape index (κ1) is 19.7. The Morgan fingerprint density at radius 2 is 1.64 bits per heavy atom. The maximum Gasteiger partial charge on any atom is 0.251 e. The minimum absolute atomic E-state index is 0. The topological polar surface area (TPSA) is 84.2 Å². The van der Waals surface area contributed by atoms with E-state index >= 15 is 0 Å². The first-order valence-corrected chi connectivity index (χ1v) is 9.09. The van der Waals surface area contributed by atoms with Crippen LogP contribution in [0.15, 0.2) is 24.3 Å². The number of carbonyl (C=O) groups is 2. The monoisotopic (exact) mass is 365 g/mol. The number of benzene rings is 1. The maximum atomic E-state index is 12.3. The Labute approximate surface area is 155 Å². The quantitative estimate of drug-likeness (QED) is 0.765. The van der Waals surface area contributed by atoms with Crippen molar-refractivity contribution in [1.82, 2.24) is 5.32 Å². The summed E-state index contributed by atoms with van der Waals surface area (Å²) in [5.74, 6) is 0.00503. The molecule has 4 N–H and O–H groups in total. The summed E-state index contributed by atoms with van der Waals surface area (Å²) in [7, 11) is 0. The molecule has 0 bridgehead atoms. The molecule has 2 aliphatic rings. The molecule has 1 aromatic rings. The Bertz CT molecular complexity index is 585. The highest BCUT2D eigenvalue weighted by atomic mass is 35.5. The highest BCUT2D eigenvalue weighted by Gasteiger charge is 2.25. The summed E-state index contributed by atoms with van der Waals surface area (Å²) in [6.45, 7) is 0. The van der Waals surface area contributed by atoms with Crippen LogP contribution >= 0.6 is 12.4 Å². The number of hydrogen-bond acceptors (Lipinski definition) is 3. The van der Waals surface area contributed by atoms with E-state index in [1.807, 2.05) is 0 Å². The molecule has 2 unspecified atom stereocenters. The zero-order chi connectivity index (χ0) is 16.9. The van der Waals surface area contributed by atoms with Crippen molar-refractivity contribution in [3.8, 4) is 0 Å². The van der Waals surface area contributed by atoms with Crippen LogP contribution in [0.1, 0.15) is 61.7 Å². The average Bonchev–Trinajstić information content (AvgIpc) is 3.08. The first-order chi connectivity index (χ1) is 11.6. The van der Waals surface area contributed by atoms with Gasteiger partial charge in [-0.25, -0.2) is 0 Å². The smallest absolute Gasteiger partial charge is 0.251 e. The van der Waals surface area contributed by atoms with E-state index in [1.54, 1.807) is 24.3 Å². The van der Waals surface area contributed by atoms with Gasteiger partial charge in [0.15, 0.2) is 0 Å². The van der Waals surface area contributed by atoms with Gasteiger partial charge < -0.3 is 16.4 Å². The Kier molecular flexibility index (Phi) is 7.26. The van der Waals surface area contributed by atoms with Gasteiger partial charge in [0.25, 0.3) is 5.91 Å². The highest BCUT2D eigenvalue weighted by molar-refractivity contribution is 5.96. The molecule has 138 valence electrons. The van der Waals surface area contributed by atoms with Crippen molar-refractivity contribution in [2.24, 2.45) is 11.7 Å². The van der Waals surface area contributed by atoms with Crippen LogP contribution in [-0.2, 0) is 4.79 Å². The molecule has 3 rings (SSSR count). The van der Waals surface area contributed by atoms with Crippen molar-refractivity contribution in [3.05, 3.63) is 29.8 Å². The van der Waals surface area contributed by atoms with Crippen LogP contribution in [0, 0.1) is 5.92 Å². The lowest BCUT2D eigenvalue weighted by atomic mass is 9.85. The second kappa shape index (κ2) is 9.20. The van der Waals surface area contributed by atoms with E-state index in [4.69, 9.17) is 5.73 Å². The third-order valence-electron chi connectivity index (χ3n) is 5.19. The molecule has 25 heavy (non-hydrogen) atoms. The van der Waals surface area contributed by atoms with Crippen LogP contribution < -0.4 is 16.4 Å². The van der Waals surface area contributed by atoms with Gasteiger partial charge in [-0.05, 0) is 56.4 Å². The Morgan fingerprint density at radius 1 is 0.960 bits per heavy atom. The normalized spacial score (nSPS) is 23.6.